The van der Waals surface area contributed by atoms with Gasteiger partial charge in [-0.25, -0.2) is 9.80 Å². The second-order valence-electron chi connectivity index (χ2n) is 5.65. The second-order valence-corrected chi connectivity index (χ2v) is 5.65. The zero-order valence-corrected chi connectivity index (χ0v) is 13.9. The van der Waals surface area contributed by atoms with Crippen molar-refractivity contribution in [1.82, 2.24) is 5.01 Å². The summed E-state index contributed by atoms with van der Waals surface area (Å²) >= 11 is 0. The summed E-state index contributed by atoms with van der Waals surface area (Å²) in [7, 11) is 0. The van der Waals surface area contributed by atoms with E-state index in [1.807, 2.05) is 30.3 Å². The Labute approximate surface area is 145 Å². The van der Waals surface area contributed by atoms with Crippen molar-refractivity contribution in [2.24, 2.45) is 5.10 Å². The topological polar surface area (TPSA) is 85.0 Å². The molecule has 0 saturated heterocycles. The van der Waals surface area contributed by atoms with Crippen LogP contribution in [-0.2, 0) is 20.9 Å². The first-order valence-corrected chi connectivity index (χ1v) is 8.07. The zero-order chi connectivity index (χ0) is 17.8. The molecule has 0 saturated carbocycles. The Hall–Kier alpha value is -3.15. The first-order valence-electron chi connectivity index (χ1n) is 8.07. The number of carbonyl (C=O) groups excluding carboxylic acids is 2. The summed E-state index contributed by atoms with van der Waals surface area (Å²) in [6.07, 6.45) is 0. The highest BCUT2D eigenvalue weighted by Gasteiger charge is 2.42. The lowest BCUT2D eigenvalue weighted by Gasteiger charge is -2.16. The summed E-state index contributed by atoms with van der Waals surface area (Å²) in [5.41, 5.74) is 8.02. The molecule has 3 rings (SSSR count). The van der Waals surface area contributed by atoms with E-state index in [-0.39, 0.29) is 24.8 Å². The maximum absolute atomic E-state index is 12.9. The van der Waals surface area contributed by atoms with Crippen LogP contribution in [0.15, 0.2) is 59.7 Å². The number of hydrogen-bond acceptors (Lipinski definition) is 5. The van der Waals surface area contributed by atoms with E-state index in [2.05, 4.69) is 5.10 Å². The number of rotatable bonds is 5. The van der Waals surface area contributed by atoms with Gasteiger partial charge in [0.1, 0.15) is 5.92 Å². The van der Waals surface area contributed by atoms with E-state index in [4.69, 9.17) is 10.5 Å². The molecule has 2 N–H and O–H groups in total. The fraction of sp³-hybridized carbons (Fsp3) is 0.211. The molecule has 25 heavy (non-hydrogen) atoms. The summed E-state index contributed by atoms with van der Waals surface area (Å²) < 4.78 is 5.07. The normalized spacial score (nSPS) is 16.7. The molecule has 0 radical (unpaired) electrons. The van der Waals surface area contributed by atoms with Crippen molar-refractivity contribution < 1.29 is 14.3 Å². The molecule has 1 atom stereocenters. The van der Waals surface area contributed by atoms with Gasteiger partial charge in [-0.2, -0.15) is 5.10 Å². The second kappa shape index (κ2) is 7.17. The van der Waals surface area contributed by atoms with E-state index in [9.17, 15) is 9.59 Å². The minimum atomic E-state index is -0.844. The number of ether oxygens (including phenoxy) is 1. The molecule has 0 spiro atoms. The van der Waals surface area contributed by atoms with Gasteiger partial charge in [0.2, 0.25) is 0 Å². The fourth-order valence-corrected chi connectivity index (χ4v) is 2.79. The highest BCUT2D eigenvalue weighted by atomic mass is 16.5. The average molecular weight is 337 g/mol. The predicted molar refractivity (Wildman–Crippen MR) is 94.7 cm³/mol. The largest absolute Gasteiger partial charge is 0.461 e. The van der Waals surface area contributed by atoms with Crippen molar-refractivity contribution in [3.05, 3.63) is 65.7 Å². The molecule has 128 valence electrons. The molecule has 1 amide bonds. The smallest absolute Gasteiger partial charge is 0.355 e. The maximum Gasteiger partial charge on any atom is 0.355 e. The van der Waals surface area contributed by atoms with E-state index < -0.39 is 11.9 Å². The molecule has 1 aliphatic rings. The van der Waals surface area contributed by atoms with Crippen LogP contribution in [0.25, 0.3) is 0 Å². The molecular formula is C19H19N3O3. The van der Waals surface area contributed by atoms with Crippen molar-refractivity contribution in [2.75, 3.05) is 12.3 Å². The van der Waals surface area contributed by atoms with Gasteiger partial charge in [-0.1, -0.05) is 48.5 Å². The van der Waals surface area contributed by atoms with E-state index in [0.717, 1.165) is 5.56 Å². The van der Waals surface area contributed by atoms with Crippen molar-refractivity contribution in [1.29, 1.82) is 0 Å². The fourth-order valence-electron chi connectivity index (χ4n) is 2.79. The summed E-state index contributed by atoms with van der Waals surface area (Å²) in [6, 6.07) is 16.5. The number of nitrogens with zero attached hydrogens (tertiary/aromatic N) is 2. The van der Waals surface area contributed by atoms with E-state index in [1.165, 1.54) is 5.01 Å². The van der Waals surface area contributed by atoms with Crippen LogP contribution in [0.4, 0.5) is 5.69 Å². The van der Waals surface area contributed by atoms with Gasteiger partial charge in [-0.15, -0.1) is 0 Å². The van der Waals surface area contributed by atoms with Gasteiger partial charge >= 0.3 is 5.97 Å². The number of hydrazone groups is 1. The SMILES string of the molecule is CCOC(=O)C1=NN(Cc2ccccc2)C(=O)C1c1ccccc1N. The van der Waals surface area contributed by atoms with Gasteiger partial charge in [0.25, 0.3) is 5.91 Å². The number of hydrogen-bond donors (Lipinski definition) is 1. The van der Waals surface area contributed by atoms with Crippen LogP contribution in [0.5, 0.6) is 0 Å². The third-order valence-corrected chi connectivity index (χ3v) is 3.97. The number of nitrogens with two attached hydrogens (primary N) is 1. The quantitative estimate of drug-likeness (QED) is 0.670. The van der Waals surface area contributed by atoms with Gasteiger partial charge in [0, 0.05) is 5.69 Å². The lowest BCUT2D eigenvalue weighted by Crippen LogP contribution is -2.29. The number of esters is 1. The molecule has 1 aliphatic heterocycles. The predicted octanol–water partition coefficient (Wildman–Crippen LogP) is 2.31. The highest BCUT2D eigenvalue weighted by Crippen LogP contribution is 2.31. The number of carbonyl (C=O) groups is 2. The van der Waals surface area contributed by atoms with Crippen LogP contribution >= 0.6 is 0 Å². The van der Waals surface area contributed by atoms with Crippen LogP contribution < -0.4 is 5.73 Å². The van der Waals surface area contributed by atoms with Crippen LogP contribution in [0, 0.1) is 0 Å². The number of benzene rings is 2. The molecule has 6 heteroatoms. The van der Waals surface area contributed by atoms with Crippen LogP contribution in [0.1, 0.15) is 24.0 Å². The van der Waals surface area contributed by atoms with Crippen molar-refractivity contribution >= 4 is 23.3 Å². The van der Waals surface area contributed by atoms with Gasteiger partial charge in [-0.3, -0.25) is 4.79 Å². The average Bonchev–Trinajstić information content (AvgIpc) is 2.93. The molecule has 2 aromatic carbocycles. The van der Waals surface area contributed by atoms with Gasteiger partial charge < -0.3 is 10.5 Å². The Morgan fingerprint density at radius 3 is 2.52 bits per heavy atom. The minimum absolute atomic E-state index is 0.0701. The number of anilines is 1. The third-order valence-electron chi connectivity index (χ3n) is 3.97. The Morgan fingerprint density at radius 1 is 1.16 bits per heavy atom. The number of para-hydroxylation sites is 1. The molecule has 1 unspecified atom stereocenters. The third kappa shape index (κ3) is 3.38. The first kappa shape index (κ1) is 16.7. The molecule has 0 bridgehead atoms. The Balaban J connectivity index is 1.96. The van der Waals surface area contributed by atoms with E-state index in [0.29, 0.717) is 11.3 Å². The van der Waals surface area contributed by atoms with E-state index in [1.54, 1.807) is 31.2 Å². The van der Waals surface area contributed by atoms with E-state index >= 15 is 0 Å². The van der Waals surface area contributed by atoms with Crippen LogP contribution in [-0.4, -0.2) is 29.2 Å². The van der Waals surface area contributed by atoms with Crippen molar-refractivity contribution in [3.8, 4) is 0 Å². The zero-order valence-electron chi connectivity index (χ0n) is 13.9. The summed E-state index contributed by atoms with van der Waals surface area (Å²) in [6.45, 7) is 2.20. The summed E-state index contributed by atoms with van der Waals surface area (Å²) in [5.74, 6) is -1.73. The molecule has 0 fully saturated rings. The molecule has 0 aliphatic carbocycles. The van der Waals surface area contributed by atoms with Crippen molar-refractivity contribution in [2.45, 2.75) is 19.4 Å². The van der Waals surface area contributed by atoms with Gasteiger partial charge in [-0.05, 0) is 24.1 Å². The summed E-state index contributed by atoms with van der Waals surface area (Å²) in [5, 5.41) is 5.56. The minimum Gasteiger partial charge on any atom is -0.461 e. The standard InChI is InChI=1S/C19H19N3O3/c1-2-25-19(24)17-16(14-10-6-7-11-15(14)20)18(23)22(21-17)12-13-8-4-3-5-9-13/h3-11,16H,2,12,20H2,1H3. The highest BCUT2D eigenvalue weighted by molar-refractivity contribution is 6.44. The lowest BCUT2D eigenvalue weighted by atomic mass is 9.92. The van der Waals surface area contributed by atoms with Gasteiger partial charge in [0.05, 0.1) is 13.2 Å². The first-order chi connectivity index (χ1) is 12.1. The Kier molecular flexibility index (Phi) is 4.79. The Morgan fingerprint density at radius 2 is 1.84 bits per heavy atom. The molecule has 0 aromatic heterocycles. The number of amides is 1. The maximum atomic E-state index is 12.9. The van der Waals surface area contributed by atoms with Gasteiger partial charge in [0.15, 0.2) is 5.71 Å². The Bertz CT molecular complexity index is 818. The molecule has 6 nitrogen and oxygen atoms in total. The van der Waals surface area contributed by atoms with Crippen LogP contribution in [0.3, 0.4) is 0 Å². The number of nitrogen functional groups attached to an aromatic ring is 1. The summed E-state index contributed by atoms with van der Waals surface area (Å²) in [4.78, 5) is 25.2. The molecular weight excluding hydrogens is 318 g/mol. The molecule has 1 heterocycles. The van der Waals surface area contributed by atoms with Crippen LogP contribution in [0.2, 0.25) is 0 Å². The molecule has 2 aromatic rings. The monoisotopic (exact) mass is 337 g/mol. The van der Waals surface area contributed by atoms with Crippen molar-refractivity contribution in [3.63, 3.8) is 0 Å². The lowest BCUT2D eigenvalue weighted by molar-refractivity contribution is -0.136.